The lowest BCUT2D eigenvalue weighted by Gasteiger charge is -2.01. The lowest BCUT2D eigenvalue weighted by atomic mass is 10.2. The van der Waals surface area contributed by atoms with Gasteiger partial charge in [0, 0.05) is 12.6 Å². The zero-order chi connectivity index (χ0) is 10.0. The minimum Gasteiger partial charge on any atom is -0.326 e. The van der Waals surface area contributed by atoms with Crippen molar-refractivity contribution in [3.05, 3.63) is 38.7 Å². The summed E-state index contributed by atoms with van der Waals surface area (Å²) in [6.07, 6.45) is 0. The fraction of sp³-hybridized carbons (Fsp3) is 0.143. The molecule has 1 aromatic carbocycles. The predicted octanol–water partition coefficient (Wildman–Crippen LogP) is 1.85. The SMILES string of the molecule is NCc1cc([N+](=O)[O-])cc(F)c1Cl. The molecule has 1 aromatic rings. The van der Waals surface area contributed by atoms with Crippen LogP contribution in [0.2, 0.25) is 5.02 Å². The Labute approximate surface area is 78.3 Å². The van der Waals surface area contributed by atoms with Gasteiger partial charge in [-0.3, -0.25) is 10.1 Å². The van der Waals surface area contributed by atoms with E-state index in [0.717, 1.165) is 12.1 Å². The third-order valence-electron chi connectivity index (χ3n) is 1.52. The van der Waals surface area contributed by atoms with Gasteiger partial charge in [0.25, 0.3) is 5.69 Å². The monoisotopic (exact) mass is 204 g/mol. The van der Waals surface area contributed by atoms with Gasteiger partial charge in [-0.2, -0.15) is 0 Å². The Hall–Kier alpha value is -1.20. The van der Waals surface area contributed by atoms with Crippen LogP contribution in [-0.2, 0) is 6.54 Å². The summed E-state index contributed by atoms with van der Waals surface area (Å²) in [6, 6.07) is 1.92. The topological polar surface area (TPSA) is 69.2 Å². The van der Waals surface area contributed by atoms with E-state index in [1.54, 1.807) is 0 Å². The minimum absolute atomic E-state index is 0.0303. The zero-order valence-corrected chi connectivity index (χ0v) is 7.21. The number of nitro benzene ring substituents is 1. The van der Waals surface area contributed by atoms with Crippen LogP contribution in [0.5, 0.6) is 0 Å². The van der Waals surface area contributed by atoms with Crippen molar-refractivity contribution in [3.8, 4) is 0 Å². The third-order valence-corrected chi connectivity index (χ3v) is 1.94. The second kappa shape index (κ2) is 3.68. The van der Waals surface area contributed by atoms with Crippen molar-refractivity contribution in [1.82, 2.24) is 0 Å². The van der Waals surface area contributed by atoms with Crippen LogP contribution in [-0.4, -0.2) is 4.92 Å². The van der Waals surface area contributed by atoms with Crippen LogP contribution in [0.1, 0.15) is 5.56 Å². The molecule has 0 saturated carbocycles. The van der Waals surface area contributed by atoms with E-state index in [0.29, 0.717) is 0 Å². The van der Waals surface area contributed by atoms with Crippen LogP contribution in [0.4, 0.5) is 10.1 Å². The lowest BCUT2D eigenvalue weighted by molar-refractivity contribution is -0.385. The molecule has 0 spiro atoms. The van der Waals surface area contributed by atoms with Crippen LogP contribution < -0.4 is 5.73 Å². The van der Waals surface area contributed by atoms with Gasteiger partial charge in [0.15, 0.2) is 0 Å². The summed E-state index contributed by atoms with van der Waals surface area (Å²) in [6.45, 7) is -0.0303. The first-order chi connectivity index (χ1) is 6.06. The normalized spacial score (nSPS) is 10.1. The Bertz CT molecular complexity index is 357. The summed E-state index contributed by atoms with van der Waals surface area (Å²) < 4.78 is 12.9. The fourth-order valence-corrected chi connectivity index (χ4v) is 1.07. The molecule has 0 amide bonds. The molecule has 0 atom stereocenters. The van der Waals surface area contributed by atoms with Crippen LogP contribution in [0, 0.1) is 15.9 Å². The maximum absolute atomic E-state index is 12.9. The molecule has 1 rings (SSSR count). The Morgan fingerprint density at radius 1 is 1.62 bits per heavy atom. The first kappa shape index (κ1) is 9.88. The molecule has 0 saturated heterocycles. The van der Waals surface area contributed by atoms with E-state index in [9.17, 15) is 14.5 Å². The van der Waals surface area contributed by atoms with Crippen LogP contribution in [0.15, 0.2) is 12.1 Å². The molecule has 0 aliphatic heterocycles. The lowest BCUT2D eigenvalue weighted by Crippen LogP contribution is -2.00. The van der Waals surface area contributed by atoms with Crippen molar-refractivity contribution in [2.75, 3.05) is 0 Å². The number of nitrogens with two attached hydrogens (primary N) is 1. The van der Waals surface area contributed by atoms with Gasteiger partial charge in [-0.25, -0.2) is 4.39 Å². The highest BCUT2D eigenvalue weighted by Gasteiger charge is 2.13. The number of hydrogen-bond acceptors (Lipinski definition) is 3. The van der Waals surface area contributed by atoms with Crippen molar-refractivity contribution in [2.24, 2.45) is 5.73 Å². The van der Waals surface area contributed by atoms with E-state index >= 15 is 0 Å². The number of nitro groups is 1. The van der Waals surface area contributed by atoms with Gasteiger partial charge in [-0.15, -0.1) is 0 Å². The predicted molar refractivity (Wildman–Crippen MR) is 46.0 cm³/mol. The highest BCUT2D eigenvalue weighted by molar-refractivity contribution is 6.31. The van der Waals surface area contributed by atoms with Crippen molar-refractivity contribution >= 4 is 17.3 Å². The summed E-state index contributed by atoms with van der Waals surface area (Å²) in [5.74, 6) is -0.823. The summed E-state index contributed by atoms with van der Waals surface area (Å²) in [4.78, 5) is 9.59. The highest BCUT2D eigenvalue weighted by atomic mass is 35.5. The maximum atomic E-state index is 12.9. The van der Waals surface area contributed by atoms with Gasteiger partial charge < -0.3 is 5.73 Å². The van der Waals surface area contributed by atoms with Crippen molar-refractivity contribution in [1.29, 1.82) is 0 Å². The number of halogens is 2. The van der Waals surface area contributed by atoms with Gasteiger partial charge in [0.2, 0.25) is 0 Å². The first-order valence-electron chi connectivity index (χ1n) is 3.38. The maximum Gasteiger partial charge on any atom is 0.272 e. The zero-order valence-electron chi connectivity index (χ0n) is 6.46. The van der Waals surface area contributed by atoms with Gasteiger partial charge in [-0.05, 0) is 5.56 Å². The molecule has 0 aliphatic carbocycles. The van der Waals surface area contributed by atoms with Gasteiger partial charge in [0.05, 0.1) is 16.0 Å². The van der Waals surface area contributed by atoms with E-state index in [-0.39, 0.29) is 22.8 Å². The smallest absolute Gasteiger partial charge is 0.272 e. The minimum atomic E-state index is -0.823. The van der Waals surface area contributed by atoms with Gasteiger partial charge in [-0.1, -0.05) is 11.6 Å². The standard InChI is InChI=1S/C7H6ClFN2O2/c8-7-4(3-10)1-5(11(12)13)2-6(7)9/h1-2H,3,10H2. The molecule has 0 bridgehead atoms. The molecule has 70 valence electrons. The van der Waals surface area contributed by atoms with E-state index in [1.165, 1.54) is 0 Å². The second-order valence-corrected chi connectivity index (χ2v) is 2.74. The number of rotatable bonds is 2. The first-order valence-corrected chi connectivity index (χ1v) is 3.76. The van der Waals surface area contributed by atoms with Crippen molar-refractivity contribution < 1.29 is 9.31 Å². The number of non-ortho nitro benzene ring substituents is 1. The van der Waals surface area contributed by atoms with E-state index in [2.05, 4.69) is 0 Å². The third kappa shape index (κ3) is 1.93. The summed E-state index contributed by atoms with van der Waals surface area (Å²) in [5.41, 5.74) is 5.10. The number of benzene rings is 1. The molecule has 0 unspecified atom stereocenters. The highest BCUT2D eigenvalue weighted by Crippen LogP contribution is 2.25. The Balaban J connectivity index is 3.30. The summed E-state index contributed by atoms with van der Waals surface area (Å²) in [5, 5.41) is 10.1. The molecule has 2 N–H and O–H groups in total. The van der Waals surface area contributed by atoms with E-state index < -0.39 is 10.7 Å². The summed E-state index contributed by atoms with van der Waals surface area (Å²) in [7, 11) is 0. The second-order valence-electron chi connectivity index (χ2n) is 2.36. The van der Waals surface area contributed by atoms with Crippen molar-refractivity contribution in [2.45, 2.75) is 6.54 Å². The average molecular weight is 205 g/mol. The molecule has 0 heterocycles. The Kier molecular flexibility index (Phi) is 2.79. The molecule has 6 heteroatoms. The molecule has 0 fully saturated rings. The molecule has 0 aliphatic rings. The van der Waals surface area contributed by atoms with Gasteiger partial charge >= 0.3 is 0 Å². The molecule has 0 radical (unpaired) electrons. The van der Waals surface area contributed by atoms with E-state index in [1.807, 2.05) is 0 Å². The van der Waals surface area contributed by atoms with Crippen LogP contribution in [0.25, 0.3) is 0 Å². The molecular weight excluding hydrogens is 199 g/mol. The fourth-order valence-electron chi connectivity index (χ4n) is 0.884. The Morgan fingerprint density at radius 2 is 2.23 bits per heavy atom. The van der Waals surface area contributed by atoms with Gasteiger partial charge in [0.1, 0.15) is 5.82 Å². The molecule has 4 nitrogen and oxygen atoms in total. The Morgan fingerprint density at radius 3 is 2.69 bits per heavy atom. The molecule has 13 heavy (non-hydrogen) atoms. The molecule has 0 aromatic heterocycles. The van der Waals surface area contributed by atoms with Crippen LogP contribution in [0.3, 0.4) is 0 Å². The quantitative estimate of drug-likeness (QED) is 0.590. The largest absolute Gasteiger partial charge is 0.326 e. The number of nitrogens with zero attached hydrogens (tertiary/aromatic N) is 1. The van der Waals surface area contributed by atoms with Crippen molar-refractivity contribution in [3.63, 3.8) is 0 Å². The molecular formula is C7H6ClFN2O2. The summed E-state index contributed by atoms with van der Waals surface area (Å²) >= 11 is 5.49. The average Bonchev–Trinajstić information content (AvgIpc) is 2.09. The number of hydrogen-bond donors (Lipinski definition) is 1. The van der Waals surface area contributed by atoms with Crippen LogP contribution >= 0.6 is 11.6 Å². The van der Waals surface area contributed by atoms with E-state index in [4.69, 9.17) is 17.3 Å².